The van der Waals surface area contributed by atoms with Crippen LogP contribution in [0.25, 0.3) is 0 Å². The number of carbonyl (C=O) groups is 1. The molecule has 0 aliphatic rings. The van der Waals surface area contributed by atoms with Crippen LogP contribution in [0.2, 0.25) is 0 Å². The normalized spacial score (nSPS) is 10.2. The van der Waals surface area contributed by atoms with E-state index >= 15 is 0 Å². The molecule has 6 heteroatoms. The van der Waals surface area contributed by atoms with Gasteiger partial charge in [-0.25, -0.2) is 4.79 Å². The highest BCUT2D eigenvalue weighted by Crippen LogP contribution is 2.36. The smallest absolute Gasteiger partial charge is 0.335 e. The van der Waals surface area contributed by atoms with E-state index in [4.69, 9.17) is 14.6 Å². The van der Waals surface area contributed by atoms with E-state index in [0.29, 0.717) is 24.7 Å². The monoisotopic (exact) mass is 379 g/mol. The summed E-state index contributed by atoms with van der Waals surface area (Å²) in [4.78, 5) is 10.9. The van der Waals surface area contributed by atoms with Crippen molar-refractivity contribution >= 4 is 27.6 Å². The van der Waals surface area contributed by atoms with Gasteiger partial charge in [-0.05, 0) is 43.3 Å². The molecule has 0 bridgehead atoms. The maximum atomic E-state index is 10.9. The topological polar surface area (TPSA) is 67.8 Å². The fourth-order valence-electron chi connectivity index (χ4n) is 2.13. The number of methoxy groups -OCH3 is 1. The van der Waals surface area contributed by atoms with Crippen molar-refractivity contribution in [1.82, 2.24) is 0 Å². The molecule has 0 unspecified atom stereocenters. The van der Waals surface area contributed by atoms with Crippen LogP contribution in [0.1, 0.15) is 22.8 Å². The zero-order chi connectivity index (χ0) is 16.8. The maximum absolute atomic E-state index is 10.9. The van der Waals surface area contributed by atoms with Crippen molar-refractivity contribution in [1.29, 1.82) is 0 Å². The van der Waals surface area contributed by atoms with Crippen molar-refractivity contribution in [2.45, 2.75) is 13.5 Å². The Morgan fingerprint density at radius 2 is 1.91 bits per heavy atom. The molecule has 2 aromatic rings. The van der Waals surface area contributed by atoms with Crippen LogP contribution in [0.15, 0.2) is 40.9 Å². The fourth-order valence-corrected chi connectivity index (χ4v) is 2.58. The Hall–Kier alpha value is -2.21. The maximum Gasteiger partial charge on any atom is 0.335 e. The van der Waals surface area contributed by atoms with Gasteiger partial charge < -0.3 is 19.9 Å². The van der Waals surface area contributed by atoms with Crippen LogP contribution in [0.3, 0.4) is 0 Å². The van der Waals surface area contributed by atoms with Gasteiger partial charge in [-0.15, -0.1) is 0 Å². The summed E-state index contributed by atoms with van der Waals surface area (Å²) in [7, 11) is 1.60. The number of anilines is 1. The average Bonchev–Trinajstić information content (AvgIpc) is 2.55. The fraction of sp³-hybridized carbons (Fsp3) is 0.235. The van der Waals surface area contributed by atoms with E-state index in [1.165, 1.54) is 0 Å². The molecule has 0 saturated carbocycles. The van der Waals surface area contributed by atoms with Crippen molar-refractivity contribution in [3.8, 4) is 11.5 Å². The summed E-state index contributed by atoms with van der Waals surface area (Å²) >= 11 is 3.53. The lowest BCUT2D eigenvalue weighted by Crippen LogP contribution is -2.06. The Morgan fingerprint density at radius 3 is 2.48 bits per heavy atom. The number of halogens is 1. The predicted octanol–water partition coefficient (Wildman–Crippen LogP) is 4.17. The lowest BCUT2D eigenvalue weighted by atomic mass is 10.1. The second-order valence-corrected chi connectivity index (χ2v) is 5.58. The van der Waals surface area contributed by atoms with E-state index in [1.807, 2.05) is 19.1 Å². The Balaban J connectivity index is 2.20. The van der Waals surface area contributed by atoms with Crippen molar-refractivity contribution in [3.63, 3.8) is 0 Å². The third-order valence-electron chi connectivity index (χ3n) is 3.28. The van der Waals surface area contributed by atoms with Gasteiger partial charge in [0.2, 0.25) is 0 Å². The van der Waals surface area contributed by atoms with Crippen molar-refractivity contribution < 1.29 is 19.4 Å². The van der Waals surface area contributed by atoms with Gasteiger partial charge in [-0.1, -0.05) is 15.9 Å². The molecule has 2 aromatic carbocycles. The first-order valence-electron chi connectivity index (χ1n) is 7.12. The Labute approximate surface area is 143 Å². The summed E-state index contributed by atoms with van der Waals surface area (Å²) < 4.78 is 12.0. The summed E-state index contributed by atoms with van der Waals surface area (Å²) in [6.07, 6.45) is 0. The van der Waals surface area contributed by atoms with Gasteiger partial charge >= 0.3 is 5.97 Å². The number of carboxylic acids is 1. The van der Waals surface area contributed by atoms with Gasteiger partial charge in [0.15, 0.2) is 11.5 Å². The van der Waals surface area contributed by atoms with E-state index < -0.39 is 5.97 Å². The number of nitrogens with one attached hydrogen (secondary N) is 1. The molecule has 2 N–H and O–H groups in total. The van der Waals surface area contributed by atoms with E-state index in [-0.39, 0.29) is 5.56 Å². The molecule has 0 amide bonds. The lowest BCUT2D eigenvalue weighted by molar-refractivity contribution is 0.0697. The third-order valence-corrected chi connectivity index (χ3v) is 4.02. The molecule has 122 valence electrons. The predicted molar refractivity (Wildman–Crippen MR) is 92.6 cm³/mol. The summed E-state index contributed by atoms with van der Waals surface area (Å²) in [6.45, 7) is 2.97. The largest absolute Gasteiger partial charge is 0.493 e. The second-order valence-electron chi connectivity index (χ2n) is 4.73. The standard InChI is InChI=1S/C17H18BrNO4/c1-3-23-16-13(14(18)8-9-15(16)22-2)10-19-12-6-4-11(5-7-12)17(20)21/h4-9,19H,3,10H2,1-2H3,(H,20,21). The molecule has 0 fully saturated rings. The first kappa shape index (κ1) is 17.1. The van der Waals surface area contributed by atoms with Crippen molar-refractivity contribution in [2.24, 2.45) is 0 Å². The van der Waals surface area contributed by atoms with E-state index in [0.717, 1.165) is 15.7 Å². The number of ether oxygens (including phenoxy) is 2. The Bertz CT molecular complexity index is 686. The molecule has 0 spiro atoms. The lowest BCUT2D eigenvalue weighted by Gasteiger charge is -2.16. The minimum atomic E-state index is -0.939. The molecule has 0 heterocycles. The second kappa shape index (κ2) is 7.87. The van der Waals surface area contributed by atoms with Crippen LogP contribution >= 0.6 is 15.9 Å². The molecular formula is C17H18BrNO4. The van der Waals surface area contributed by atoms with E-state index in [2.05, 4.69) is 21.2 Å². The van der Waals surface area contributed by atoms with Gasteiger partial charge in [-0.3, -0.25) is 0 Å². The van der Waals surface area contributed by atoms with Crippen molar-refractivity contribution in [3.05, 3.63) is 52.0 Å². The molecular weight excluding hydrogens is 362 g/mol. The molecule has 0 saturated heterocycles. The van der Waals surface area contributed by atoms with Gasteiger partial charge in [0.05, 0.1) is 19.3 Å². The molecule has 0 atom stereocenters. The van der Waals surface area contributed by atoms with E-state index in [9.17, 15) is 4.79 Å². The third kappa shape index (κ3) is 4.16. The van der Waals surface area contributed by atoms with Crippen LogP contribution in [0, 0.1) is 0 Å². The van der Waals surface area contributed by atoms with Gasteiger partial charge in [0, 0.05) is 22.3 Å². The van der Waals surface area contributed by atoms with Gasteiger partial charge in [0.1, 0.15) is 0 Å². The number of aromatic carboxylic acids is 1. The Kier molecular flexibility index (Phi) is 5.87. The quantitative estimate of drug-likeness (QED) is 0.755. The molecule has 2 rings (SSSR count). The number of rotatable bonds is 7. The van der Waals surface area contributed by atoms with Crippen LogP contribution in [-0.4, -0.2) is 24.8 Å². The highest BCUT2D eigenvalue weighted by atomic mass is 79.9. The first-order chi connectivity index (χ1) is 11.1. The molecule has 0 aliphatic carbocycles. The number of benzene rings is 2. The van der Waals surface area contributed by atoms with Crippen LogP contribution < -0.4 is 14.8 Å². The van der Waals surface area contributed by atoms with Crippen molar-refractivity contribution in [2.75, 3.05) is 19.0 Å². The SMILES string of the molecule is CCOc1c(OC)ccc(Br)c1CNc1ccc(C(=O)O)cc1. The van der Waals surface area contributed by atoms with E-state index in [1.54, 1.807) is 31.4 Å². The Morgan fingerprint density at radius 1 is 1.22 bits per heavy atom. The minimum absolute atomic E-state index is 0.258. The highest BCUT2D eigenvalue weighted by molar-refractivity contribution is 9.10. The number of hydrogen-bond acceptors (Lipinski definition) is 4. The zero-order valence-electron chi connectivity index (χ0n) is 12.9. The number of hydrogen-bond donors (Lipinski definition) is 2. The van der Waals surface area contributed by atoms with Crippen LogP contribution in [0.4, 0.5) is 5.69 Å². The molecule has 0 aliphatic heterocycles. The zero-order valence-corrected chi connectivity index (χ0v) is 14.5. The van der Waals surface area contributed by atoms with Crippen LogP contribution in [0.5, 0.6) is 11.5 Å². The van der Waals surface area contributed by atoms with Crippen LogP contribution in [-0.2, 0) is 6.54 Å². The first-order valence-corrected chi connectivity index (χ1v) is 7.91. The van der Waals surface area contributed by atoms with Gasteiger partial charge in [-0.2, -0.15) is 0 Å². The summed E-state index contributed by atoms with van der Waals surface area (Å²) in [5, 5.41) is 12.2. The minimum Gasteiger partial charge on any atom is -0.493 e. The molecule has 23 heavy (non-hydrogen) atoms. The summed E-state index contributed by atoms with van der Waals surface area (Å²) in [5.41, 5.74) is 2.02. The summed E-state index contributed by atoms with van der Waals surface area (Å²) in [5.74, 6) is 0.429. The molecule has 5 nitrogen and oxygen atoms in total. The average molecular weight is 380 g/mol. The molecule has 0 radical (unpaired) electrons. The number of carboxylic acid groups (broad SMARTS) is 1. The highest BCUT2D eigenvalue weighted by Gasteiger charge is 2.14. The summed E-state index contributed by atoms with van der Waals surface area (Å²) in [6, 6.07) is 10.4. The molecule has 0 aromatic heterocycles. The van der Waals surface area contributed by atoms with Gasteiger partial charge in [0.25, 0.3) is 0 Å².